The van der Waals surface area contributed by atoms with Gasteiger partial charge in [0.2, 0.25) is 0 Å². The van der Waals surface area contributed by atoms with E-state index in [1.807, 2.05) is 0 Å². The summed E-state index contributed by atoms with van der Waals surface area (Å²) in [5, 5.41) is 0. The number of hydrogen-bond donors (Lipinski definition) is 0. The Morgan fingerprint density at radius 2 is 1.15 bits per heavy atom. The molecule has 0 saturated heterocycles. The molecule has 3 aromatic carbocycles. The van der Waals surface area contributed by atoms with Gasteiger partial charge in [0.15, 0.2) is 0 Å². The molecular weight excluding hydrogens is 312 g/mol. The first kappa shape index (κ1) is 14.8. The molecular formula is C26H24. The van der Waals surface area contributed by atoms with Crippen LogP contribution in [-0.2, 0) is 10.8 Å². The number of rotatable bonds is 0. The minimum Gasteiger partial charge on any atom is -0.0620 e. The second kappa shape index (κ2) is 4.14. The zero-order valence-corrected chi connectivity index (χ0v) is 15.9. The molecule has 0 heterocycles. The molecule has 0 nitrogen and oxygen atoms in total. The third kappa shape index (κ3) is 1.18. The highest BCUT2D eigenvalue weighted by Crippen LogP contribution is 2.80. The van der Waals surface area contributed by atoms with Crippen LogP contribution in [0.1, 0.15) is 65.6 Å². The van der Waals surface area contributed by atoms with Crippen LogP contribution >= 0.6 is 0 Å². The molecule has 0 spiro atoms. The monoisotopic (exact) mass is 336 g/mol. The van der Waals surface area contributed by atoms with Gasteiger partial charge in [0, 0.05) is 22.2 Å². The van der Waals surface area contributed by atoms with Gasteiger partial charge in [-0.05, 0) is 40.3 Å². The normalized spacial score (nSPS) is 35.0. The zero-order valence-electron chi connectivity index (χ0n) is 15.9. The van der Waals surface area contributed by atoms with Gasteiger partial charge in [-0.2, -0.15) is 0 Å². The molecule has 4 atom stereocenters. The first-order valence-corrected chi connectivity index (χ1v) is 9.76. The molecule has 0 aliphatic heterocycles. The van der Waals surface area contributed by atoms with Gasteiger partial charge in [-0.1, -0.05) is 93.1 Å². The molecule has 128 valence electrons. The maximum Gasteiger partial charge on any atom is 0.0255 e. The molecule has 3 aliphatic carbocycles. The van der Waals surface area contributed by atoms with Crippen molar-refractivity contribution in [1.29, 1.82) is 0 Å². The first-order valence-electron chi connectivity index (χ1n) is 9.76. The summed E-state index contributed by atoms with van der Waals surface area (Å²) in [6, 6.07) is 25.6. The number of aryl methyl sites for hydroxylation is 1. The van der Waals surface area contributed by atoms with E-state index in [4.69, 9.17) is 0 Å². The Hall–Kier alpha value is -2.34. The van der Waals surface area contributed by atoms with Crippen LogP contribution in [0.25, 0.3) is 0 Å². The van der Waals surface area contributed by atoms with Crippen LogP contribution in [-0.4, -0.2) is 0 Å². The number of fused-ring (bicyclic) bond motifs is 9. The van der Waals surface area contributed by atoms with Crippen LogP contribution in [0.15, 0.2) is 66.7 Å². The first-order chi connectivity index (χ1) is 12.5. The van der Waals surface area contributed by atoms with Gasteiger partial charge in [-0.25, -0.2) is 0 Å². The van der Waals surface area contributed by atoms with Crippen molar-refractivity contribution in [1.82, 2.24) is 0 Å². The fourth-order valence-corrected chi connectivity index (χ4v) is 7.19. The molecule has 3 aliphatic rings. The quantitative estimate of drug-likeness (QED) is 0.466. The summed E-state index contributed by atoms with van der Waals surface area (Å²) in [6.07, 6.45) is 0. The molecule has 0 amide bonds. The Morgan fingerprint density at radius 3 is 1.85 bits per heavy atom. The molecule has 6 rings (SSSR count). The maximum absolute atomic E-state index is 2.56. The molecule has 0 N–H and O–H groups in total. The molecule has 0 fully saturated rings. The van der Waals surface area contributed by atoms with Crippen LogP contribution in [0.5, 0.6) is 0 Å². The van der Waals surface area contributed by atoms with Crippen LogP contribution in [0.4, 0.5) is 0 Å². The Balaban J connectivity index is 1.88. The lowest BCUT2D eigenvalue weighted by molar-refractivity contribution is 0.150. The largest absolute Gasteiger partial charge is 0.0620 e. The standard InChI is InChI=1S/C26H24/c1-16-13-14-18-22(15-16)25(3)21-12-8-7-11-20(21)24(2)19-10-6-5-9-17(19)23(18)26(24,25)4/h5-15,23H,1-4H3. The predicted octanol–water partition coefficient (Wildman–Crippen LogP) is 6.09. The fourth-order valence-electron chi connectivity index (χ4n) is 7.19. The van der Waals surface area contributed by atoms with E-state index in [0.29, 0.717) is 5.92 Å². The van der Waals surface area contributed by atoms with Gasteiger partial charge in [0.1, 0.15) is 0 Å². The minimum absolute atomic E-state index is 0.0450. The number of benzene rings is 3. The van der Waals surface area contributed by atoms with E-state index in [2.05, 4.69) is 94.4 Å². The van der Waals surface area contributed by atoms with Crippen molar-refractivity contribution in [2.75, 3.05) is 0 Å². The van der Waals surface area contributed by atoms with Crippen LogP contribution in [0.3, 0.4) is 0 Å². The van der Waals surface area contributed by atoms with Crippen LogP contribution in [0, 0.1) is 12.3 Å². The maximum atomic E-state index is 2.56. The molecule has 0 heteroatoms. The van der Waals surface area contributed by atoms with Gasteiger partial charge in [0.25, 0.3) is 0 Å². The van der Waals surface area contributed by atoms with E-state index in [0.717, 1.165) is 0 Å². The average molecular weight is 336 g/mol. The van der Waals surface area contributed by atoms with Crippen molar-refractivity contribution in [2.45, 2.75) is 44.4 Å². The minimum atomic E-state index is 0.0450. The van der Waals surface area contributed by atoms with Crippen molar-refractivity contribution in [3.63, 3.8) is 0 Å². The summed E-state index contributed by atoms with van der Waals surface area (Å²) in [5.74, 6) is 0.469. The lowest BCUT2D eigenvalue weighted by Crippen LogP contribution is -2.45. The average Bonchev–Trinajstić information content (AvgIpc) is 3.07. The van der Waals surface area contributed by atoms with E-state index in [9.17, 15) is 0 Å². The molecule has 3 aromatic rings. The predicted molar refractivity (Wildman–Crippen MR) is 107 cm³/mol. The summed E-state index contributed by atoms with van der Waals surface area (Å²) in [7, 11) is 0. The highest BCUT2D eigenvalue weighted by molar-refractivity contribution is 5.73. The highest BCUT2D eigenvalue weighted by Gasteiger charge is 2.75. The van der Waals surface area contributed by atoms with E-state index >= 15 is 0 Å². The van der Waals surface area contributed by atoms with Crippen molar-refractivity contribution >= 4 is 0 Å². The summed E-state index contributed by atoms with van der Waals surface area (Å²) < 4.78 is 0. The van der Waals surface area contributed by atoms with E-state index in [1.54, 1.807) is 16.7 Å². The second-order valence-electron chi connectivity index (χ2n) is 9.11. The smallest absolute Gasteiger partial charge is 0.0255 e. The lowest BCUT2D eigenvalue weighted by atomic mass is 9.56. The van der Waals surface area contributed by atoms with E-state index in [1.165, 1.54) is 22.3 Å². The van der Waals surface area contributed by atoms with Gasteiger partial charge in [-0.3, -0.25) is 0 Å². The molecule has 0 radical (unpaired) electrons. The highest BCUT2D eigenvalue weighted by atomic mass is 14.8. The van der Waals surface area contributed by atoms with Gasteiger partial charge in [0.05, 0.1) is 0 Å². The van der Waals surface area contributed by atoms with E-state index in [-0.39, 0.29) is 16.2 Å². The van der Waals surface area contributed by atoms with Crippen molar-refractivity contribution in [3.05, 3.63) is 106 Å². The Kier molecular flexibility index (Phi) is 2.36. The second-order valence-corrected chi connectivity index (χ2v) is 9.11. The topological polar surface area (TPSA) is 0 Å². The molecule has 4 unspecified atom stereocenters. The Morgan fingerprint density at radius 1 is 0.615 bits per heavy atom. The number of hydrogen-bond acceptors (Lipinski definition) is 0. The Labute approximate surface area is 155 Å². The van der Waals surface area contributed by atoms with Gasteiger partial charge < -0.3 is 0 Å². The van der Waals surface area contributed by atoms with Crippen molar-refractivity contribution in [3.8, 4) is 0 Å². The summed E-state index contributed by atoms with van der Waals surface area (Å²) >= 11 is 0. The SMILES string of the molecule is Cc1ccc2c(c1)C1(C)c3ccccc3C3(C)c4ccccc4C2C31C. The molecule has 0 bridgehead atoms. The Bertz CT molecular complexity index is 1110. The third-order valence-corrected chi connectivity index (χ3v) is 8.53. The summed E-state index contributed by atoms with van der Waals surface area (Å²) in [4.78, 5) is 0. The molecule has 0 saturated carbocycles. The zero-order chi connectivity index (χ0) is 17.9. The van der Waals surface area contributed by atoms with Crippen LogP contribution < -0.4 is 0 Å². The van der Waals surface area contributed by atoms with Gasteiger partial charge >= 0.3 is 0 Å². The third-order valence-electron chi connectivity index (χ3n) is 8.53. The molecule has 0 aromatic heterocycles. The van der Waals surface area contributed by atoms with Crippen molar-refractivity contribution in [2.24, 2.45) is 5.41 Å². The molecule has 26 heavy (non-hydrogen) atoms. The summed E-state index contributed by atoms with van der Waals surface area (Å²) in [5.41, 5.74) is 10.8. The van der Waals surface area contributed by atoms with Crippen LogP contribution in [0.2, 0.25) is 0 Å². The lowest BCUT2D eigenvalue weighted by Gasteiger charge is -2.45. The fraction of sp³-hybridized carbons (Fsp3) is 0.308. The van der Waals surface area contributed by atoms with Gasteiger partial charge in [-0.15, -0.1) is 0 Å². The van der Waals surface area contributed by atoms with E-state index < -0.39 is 0 Å². The van der Waals surface area contributed by atoms with Crippen molar-refractivity contribution < 1.29 is 0 Å². The summed E-state index contributed by atoms with van der Waals surface area (Å²) in [6.45, 7) is 9.82.